The van der Waals surface area contributed by atoms with Crippen molar-refractivity contribution in [2.75, 3.05) is 25.1 Å². The summed E-state index contributed by atoms with van der Waals surface area (Å²) in [6.45, 7) is 0.764. The van der Waals surface area contributed by atoms with E-state index >= 15 is 0 Å². The number of methoxy groups -OCH3 is 1. The molecule has 7 nitrogen and oxygen atoms in total. The Labute approximate surface area is 161 Å². The molecule has 1 aliphatic rings. The minimum atomic E-state index is -1.09. The molecule has 0 aliphatic carbocycles. The average molecular weight is 391 g/mol. The van der Waals surface area contributed by atoms with E-state index in [1.807, 2.05) is 6.07 Å². The van der Waals surface area contributed by atoms with Crippen molar-refractivity contribution in [2.45, 2.75) is 18.4 Å². The summed E-state index contributed by atoms with van der Waals surface area (Å²) in [7, 11) is 1.26. The highest BCUT2D eigenvalue weighted by atomic mass is 35.5. The molecule has 27 heavy (non-hydrogen) atoms. The predicted molar refractivity (Wildman–Crippen MR) is 101 cm³/mol. The van der Waals surface area contributed by atoms with Gasteiger partial charge in [-0.3, -0.25) is 10.1 Å². The first-order valence-corrected chi connectivity index (χ1v) is 8.82. The number of ether oxygens (including phenoxy) is 1. The molecule has 1 heterocycles. The topological polar surface area (TPSA) is 92.9 Å². The van der Waals surface area contributed by atoms with Crippen LogP contribution in [-0.4, -0.2) is 36.2 Å². The van der Waals surface area contributed by atoms with Crippen molar-refractivity contribution in [1.82, 2.24) is 0 Å². The average Bonchev–Trinajstić information content (AvgIpc) is 2.67. The number of aliphatic hydroxyl groups is 1. The highest BCUT2D eigenvalue weighted by Crippen LogP contribution is 2.39. The third-order valence-corrected chi connectivity index (χ3v) is 5.23. The van der Waals surface area contributed by atoms with Crippen LogP contribution in [0.15, 0.2) is 42.5 Å². The van der Waals surface area contributed by atoms with Crippen LogP contribution in [0, 0.1) is 10.1 Å². The molecule has 8 heteroatoms. The molecule has 0 radical (unpaired) electrons. The highest BCUT2D eigenvalue weighted by molar-refractivity contribution is 6.31. The molecule has 0 atom stereocenters. The van der Waals surface area contributed by atoms with Gasteiger partial charge in [-0.05, 0) is 31.0 Å². The van der Waals surface area contributed by atoms with Crippen molar-refractivity contribution in [3.8, 4) is 0 Å². The van der Waals surface area contributed by atoms with Gasteiger partial charge < -0.3 is 14.7 Å². The van der Waals surface area contributed by atoms with Crippen molar-refractivity contribution >= 4 is 28.9 Å². The van der Waals surface area contributed by atoms with Gasteiger partial charge >= 0.3 is 5.97 Å². The molecule has 1 fully saturated rings. The van der Waals surface area contributed by atoms with E-state index in [4.69, 9.17) is 16.3 Å². The number of carbonyl (C=O) groups is 1. The van der Waals surface area contributed by atoms with Crippen molar-refractivity contribution in [3.05, 3.63) is 68.7 Å². The third-order valence-electron chi connectivity index (χ3n) is 4.90. The number of benzene rings is 2. The standard InChI is InChI=1S/C19H19ClN2O5/c1-27-18(23)13-6-7-16(22(25)26)17(12-13)21-10-8-19(24,9-11-21)14-4-2-3-5-15(14)20/h2-7,12,24H,8-11H2,1H3. The summed E-state index contributed by atoms with van der Waals surface area (Å²) in [5.74, 6) is -0.560. The Bertz CT molecular complexity index is 878. The van der Waals surface area contributed by atoms with Gasteiger partial charge in [-0.15, -0.1) is 0 Å². The van der Waals surface area contributed by atoms with Gasteiger partial charge in [-0.1, -0.05) is 29.8 Å². The molecule has 1 N–H and O–H groups in total. The second kappa shape index (κ2) is 7.54. The van der Waals surface area contributed by atoms with Crippen molar-refractivity contribution < 1.29 is 19.6 Å². The molecule has 142 valence electrons. The molecule has 0 aromatic heterocycles. The van der Waals surface area contributed by atoms with Gasteiger partial charge in [0.2, 0.25) is 0 Å². The first kappa shape index (κ1) is 19.1. The Morgan fingerprint density at radius 3 is 2.52 bits per heavy atom. The van der Waals surface area contributed by atoms with Gasteiger partial charge in [-0.2, -0.15) is 0 Å². The number of nitrogens with zero attached hydrogens (tertiary/aromatic N) is 2. The van der Waals surface area contributed by atoms with Gasteiger partial charge in [-0.25, -0.2) is 4.79 Å². The zero-order chi connectivity index (χ0) is 19.6. The van der Waals surface area contributed by atoms with E-state index in [1.165, 1.54) is 25.3 Å². The summed E-state index contributed by atoms with van der Waals surface area (Å²) in [6, 6.07) is 11.3. The second-order valence-corrected chi connectivity index (χ2v) is 6.86. The van der Waals surface area contributed by atoms with Gasteiger partial charge in [0.05, 0.1) is 23.2 Å². The molecule has 0 bridgehead atoms. The number of piperidine rings is 1. The van der Waals surface area contributed by atoms with E-state index in [2.05, 4.69) is 0 Å². The van der Waals surface area contributed by atoms with E-state index in [0.29, 0.717) is 42.2 Å². The normalized spacial score (nSPS) is 16.0. The predicted octanol–water partition coefficient (Wildman–Crippen LogP) is 3.52. The minimum Gasteiger partial charge on any atom is -0.465 e. The maximum Gasteiger partial charge on any atom is 0.337 e. The highest BCUT2D eigenvalue weighted by Gasteiger charge is 2.37. The second-order valence-electron chi connectivity index (χ2n) is 6.45. The van der Waals surface area contributed by atoms with Gasteiger partial charge in [0.15, 0.2) is 0 Å². The Hall–Kier alpha value is -2.64. The first-order valence-electron chi connectivity index (χ1n) is 8.45. The monoisotopic (exact) mass is 390 g/mol. The number of rotatable bonds is 4. The molecule has 1 aliphatic heterocycles. The van der Waals surface area contributed by atoms with Crippen LogP contribution in [0.2, 0.25) is 5.02 Å². The Balaban J connectivity index is 1.88. The van der Waals surface area contributed by atoms with E-state index in [1.54, 1.807) is 23.1 Å². The van der Waals surface area contributed by atoms with Crippen LogP contribution in [0.1, 0.15) is 28.8 Å². The number of anilines is 1. The molecule has 0 amide bonds. The Morgan fingerprint density at radius 2 is 1.93 bits per heavy atom. The molecule has 0 saturated carbocycles. The Morgan fingerprint density at radius 1 is 1.26 bits per heavy atom. The van der Waals surface area contributed by atoms with Crippen molar-refractivity contribution in [3.63, 3.8) is 0 Å². The number of halogens is 1. The molecular weight excluding hydrogens is 372 g/mol. The van der Waals surface area contributed by atoms with Crippen LogP contribution in [0.3, 0.4) is 0 Å². The smallest absolute Gasteiger partial charge is 0.337 e. The number of hydrogen-bond acceptors (Lipinski definition) is 6. The summed E-state index contributed by atoms with van der Waals surface area (Å²) < 4.78 is 4.70. The van der Waals surface area contributed by atoms with Gasteiger partial charge in [0.1, 0.15) is 5.69 Å². The van der Waals surface area contributed by atoms with E-state index in [0.717, 1.165) is 0 Å². The van der Waals surface area contributed by atoms with Crippen LogP contribution in [-0.2, 0) is 10.3 Å². The number of esters is 1. The van der Waals surface area contributed by atoms with Crippen LogP contribution in [0.4, 0.5) is 11.4 Å². The van der Waals surface area contributed by atoms with E-state index < -0.39 is 16.5 Å². The quantitative estimate of drug-likeness (QED) is 0.487. The van der Waals surface area contributed by atoms with Gasteiger partial charge in [0, 0.05) is 29.7 Å². The molecule has 2 aromatic carbocycles. The molecule has 0 spiro atoms. The summed E-state index contributed by atoms with van der Waals surface area (Å²) >= 11 is 6.22. The van der Waals surface area contributed by atoms with E-state index in [9.17, 15) is 20.0 Å². The summed E-state index contributed by atoms with van der Waals surface area (Å²) in [5, 5.41) is 22.9. The molecule has 3 rings (SSSR count). The fourth-order valence-corrected chi connectivity index (χ4v) is 3.71. The molecule has 0 unspecified atom stereocenters. The minimum absolute atomic E-state index is 0.0918. The van der Waals surface area contributed by atoms with Crippen LogP contribution in [0.25, 0.3) is 0 Å². The van der Waals surface area contributed by atoms with E-state index in [-0.39, 0.29) is 11.3 Å². The van der Waals surface area contributed by atoms with Crippen molar-refractivity contribution in [2.24, 2.45) is 0 Å². The fraction of sp³-hybridized carbons (Fsp3) is 0.316. The number of carbonyl (C=O) groups excluding carboxylic acids is 1. The number of nitro groups is 1. The van der Waals surface area contributed by atoms with Crippen LogP contribution < -0.4 is 4.90 Å². The lowest BCUT2D eigenvalue weighted by atomic mass is 9.84. The third kappa shape index (κ3) is 3.74. The molecular formula is C19H19ClN2O5. The summed E-state index contributed by atoms with van der Waals surface area (Å²) in [4.78, 5) is 24.5. The zero-order valence-electron chi connectivity index (χ0n) is 14.7. The maximum absolute atomic E-state index is 11.8. The number of hydrogen-bond donors (Lipinski definition) is 1. The van der Waals surface area contributed by atoms with Gasteiger partial charge in [0.25, 0.3) is 5.69 Å². The summed E-state index contributed by atoms with van der Waals surface area (Å²) in [6.07, 6.45) is 0.715. The zero-order valence-corrected chi connectivity index (χ0v) is 15.5. The largest absolute Gasteiger partial charge is 0.465 e. The lowest BCUT2D eigenvalue weighted by molar-refractivity contribution is -0.384. The van der Waals surface area contributed by atoms with Crippen LogP contribution in [0.5, 0.6) is 0 Å². The lowest BCUT2D eigenvalue weighted by Crippen LogP contribution is -2.43. The Kier molecular flexibility index (Phi) is 5.34. The number of nitro benzene ring substituents is 1. The van der Waals surface area contributed by atoms with Crippen molar-refractivity contribution in [1.29, 1.82) is 0 Å². The molecule has 2 aromatic rings. The van der Waals surface area contributed by atoms with Crippen LogP contribution >= 0.6 is 11.6 Å². The fourth-order valence-electron chi connectivity index (χ4n) is 3.40. The first-order chi connectivity index (χ1) is 12.9. The summed E-state index contributed by atoms with van der Waals surface area (Å²) in [5.41, 5.74) is 0.0490. The SMILES string of the molecule is COC(=O)c1ccc([N+](=O)[O-])c(N2CCC(O)(c3ccccc3Cl)CC2)c1. The molecule has 1 saturated heterocycles. The maximum atomic E-state index is 11.8. The lowest BCUT2D eigenvalue weighted by Gasteiger charge is -2.39.